The van der Waals surface area contributed by atoms with E-state index in [1.807, 2.05) is 32.0 Å². The highest BCUT2D eigenvalue weighted by molar-refractivity contribution is 6.47. The zero-order valence-electron chi connectivity index (χ0n) is 20.8. The quantitative estimate of drug-likeness (QED) is 0.265. The van der Waals surface area contributed by atoms with Crippen LogP contribution in [0, 0.1) is 24.1 Å². The van der Waals surface area contributed by atoms with Gasteiger partial charge in [-0.15, -0.1) is 0 Å². The Labute approximate surface area is 228 Å². The number of hydrogen-bond donors (Lipinski definition) is 0. The summed E-state index contributed by atoms with van der Waals surface area (Å²) in [4.78, 5) is 26.0. The van der Waals surface area contributed by atoms with E-state index < -0.39 is 11.4 Å². The van der Waals surface area contributed by atoms with E-state index in [1.54, 1.807) is 31.3 Å². The zero-order chi connectivity index (χ0) is 27.4. The van der Waals surface area contributed by atoms with E-state index in [-0.39, 0.29) is 18.7 Å². The van der Waals surface area contributed by atoms with Crippen molar-refractivity contribution >= 4 is 39.8 Å². The second-order valence-electron chi connectivity index (χ2n) is 8.30. The number of halogens is 3. The van der Waals surface area contributed by atoms with Crippen LogP contribution in [0.3, 0.4) is 0 Å². The lowest BCUT2D eigenvalue weighted by atomic mass is 10.0. The van der Waals surface area contributed by atoms with E-state index in [0.29, 0.717) is 38.3 Å². The van der Waals surface area contributed by atoms with Crippen LogP contribution < -0.4 is 10.3 Å². The molecular weight excluding hydrogens is 528 g/mol. The summed E-state index contributed by atoms with van der Waals surface area (Å²) in [5.41, 5.74) is 2.82. The Hall–Kier alpha value is -4.06. The molecule has 0 aliphatic rings. The van der Waals surface area contributed by atoms with E-state index in [0.717, 1.165) is 33.5 Å². The van der Waals surface area contributed by atoms with Crippen molar-refractivity contribution in [1.82, 2.24) is 14.5 Å². The molecule has 192 valence electrons. The number of aromatic nitrogens is 3. The summed E-state index contributed by atoms with van der Waals surface area (Å²) < 4.78 is 21.3. The van der Waals surface area contributed by atoms with Crippen molar-refractivity contribution in [2.24, 2.45) is 4.99 Å². The molecule has 38 heavy (non-hydrogen) atoms. The molecular formula is C28H22Cl2FN5O2. The summed E-state index contributed by atoms with van der Waals surface area (Å²) in [6, 6.07) is 11.7. The van der Waals surface area contributed by atoms with E-state index in [1.165, 1.54) is 6.20 Å². The molecule has 0 fully saturated rings. The van der Waals surface area contributed by atoms with Crippen LogP contribution >= 0.6 is 23.2 Å². The van der Waals surface area contributed by atoms with Crippen LogP contribution in [0.1, 0.15) is 35.0 Å². The Morgan fingerprint density at radius 1 is 1.32 bits per heavy atom. The minimum absolute atomic E-state index is 0.00555. The topological polar surface area (TPSA) is 93.2 Å². The Kier molecular flexibility index (Phi) is 8.20. The Bertz CT molecular complexity index is 1710. The van der Waals surface area contributed by atoms with Crippen molar-refractivity contribution in [2.75, 3.05) is 7.05 Å². The van der Waals surface area contributed by atoms with Crippen LogP contribution in [0.4, 0.5) is 4.39 Å². The van der Waals surface area contributed by atoms with Gasteiger partial charge in [-0.05, 0) is 38.1 Å². The molecule has 0 bridgehead atoms. The first-order valence-electron chi connectivity index (χ1n) is 11.5. The lowest BCUT2D eigenvalue weighted by molar-refractivity contribution is 0.307. The van der Waals surface area contributed by atoms with Gasteiger partial charge in [0, 0.05) is 41.6 Å². The van der Waals surface area contributed by atoms with Gasteiger partial charge < -0.3 is 9.30 Å². The molecule has 4 aromatic rings. The van der Waals surface area contributed by atoms with Crippen molar-refractivity contribution in [3.05, 3.63) is 109 Å². The average Bonchev–Trinajstić information content (AvgIpc) is 2.90. The highest BCUT2D eigenvalue weighted by Crippen LogP contribution is 2.31. The van der Waals surface area contributed by atoms with E-state index in [4.69, 9.17) is 38.2 Å². The van der Waals surface area contributed by atoms with Crippen LogP contribution in [0.2, 0.25) is 5.02 Å². The van der Waals surface area contributed by atoms with Crippen LogP contribution in [0.15, 0.2) is 69.7 Å². The molecule has 0 aliphatic heterocycles. The summed E-state index contributed by atoms with van der Waals surface area (Å²) >= 11 is 12.9. The lowest BCUT2D eigenvalue weighted by Crippen LogP contribution is -2.24. The number of allylic oxidation sites excluding steroid dienone is 2. The van der Waals surface area contributed by atoms with Gasteiger partial charge in [0.25, 0.3) is 5.56 Å². The molecule has 0 amide bonds. The first-order chi connectivity index (χ1) is 18.3. The number of aliphatic imine (C=N–C) groups is 1. The number of fused-ring (bicyclic) bond motifs is 1. The third-order valence-electron chi connectivity index (χ3n) is 5.84. The monoisotopic (exact) mass is 549 g/mol. The number of benzene rings is 1. The maximum atomic E-state index is 14.0. The van der Waals surface area contributed by atoms with Gasteiger partial charge in [0.2, 0.25) is 0 Å². The van der Waals surface area contributed by atoms with Gasteiger partial charge in [0.15, 0.2) is 0 Å². The highest BCUT2D eigenvalue weighted by atomic mass is 35.5. The summed E-state index contributed by atoms with van der Waals surface area (Å²) in [7, 11) is 1.68. The molecule has 0 saturated carbocycles. The molecule has 0 spiro atoms. The average molecular weight is 550 g/mol. The van der Waals surface area contributed by atoms with Gasteiger partial charge in [-0.3, -0.25) is 14.8 Å². The number of aryl methyl sites for hydroxylation is 1. The Morgan fingerprint density at radius 2 is 2.11 bits per heavy atom. The van der Waals surface area contributed by atoms with Crippen LogP contribution in [0.25, 0.3) is 10.9 Å². The molecule has 0 N–H and O–H groups in total. The van der Waals surface area contributed by atoms with Gasteiger partial charge in [0.1, 0.15) is 35.3 Å². The molecule has 1 aromatic carbocycles. The first kappa shape index (κ1) is 27.0. The fourth-order valence-electron chi connectivity index (χ4n) is 4.06. The second-order valence-corrected chi connectivity index (χ2v) is 9.11. The number of hydrogen-bond acceptors (Lipinski definition) is 6. The summed E-state index contributed by atoms with van der Waals surface area (Å²) in [5, 5.41) is 10.8. The van der Waals surface area contributed by atoms with Gasteiger partial charge in [-0.1, -0.05) is 41.4 Å². The maximum Gasteiger partial charge on any atom is 0.269 e. The largest absolute Gasteiger partial charge is 0.486 e. The number of rotatable bonds is 7. The molecule has 0 saturated heterocycles. The van der Waals surface area contributed by atoms with E-state index in [9.17, 15) is 9.18 Å². The molecule has 4 rings (SSSR count). The fourth-order valence-corrected chi connectivity index (χ4v) is 4.47. The molecule has 0 radical (unpaired) electrons. The standard InChI is InChI=1S/C28H22Cl2FN5O2/c1-4-22(29)26(33-3)20-10-16(2)35-27-19(20)6-5-7-25(27)38-15-21-23(30)8-9-34-24(21)14-36-13-18(31)11-17(12-32)28(36)37/h4-11,13H,14-15H2,1-3H3/b22-4+,33-26?. The third kappa shape index (κ3) is 5.44. The van der Waals surface area contributed by atoms with Crippen molar-refractivity contribution in [1.29, 1.82) is 5.26 Å². The summed E-state index contributed by atoms with van der Waals surface area (Å²) in [6.45, 7) is 3.62. The minimum atomic E-state index is -0.706. The predicted molar refractivity (Wildman–Crippen MR) is 147 cm³/mol. The number of para-hydroxylation sites is 1. The summed E-state index contributed by atoms with van der Waals surface area (Å²) in [5.74, 6) is -0.206. The molecule has 0 atom stereocenters. The second kappa shape index (κ2) is 11.5. The maximum absolute atomic E-state index is 14.0. The molecule has 10 heteroatoms. The SMILES string of the molecule is C/C=C(/Cl)C(=NC)c1cc(C)nc2c(OCc3c(Cl)ccnc3Cn3cc(F)cc(C#N)c3=O)cccc12. The van der Waals surface area contributed by atoms with Crippen molar-refractivity contribution in [2.45, 2.75) is 27.0 Å². The third-order valence-corrected chi connectivity index (χ3v) is 6.59. The fraction of sp³-hybridized carbons (Fsp3) is 0.179. The summed E-state index contributed by atoms with van der Waals surface area (Å²) in [6.07, 6.45) is 4.29. The Morgan fingerprint density at radius 3 is 2.82 bits per heavy atom. The number of nitrogens with zero attached hydrogens (tertiary/aromatic N) is 5. The van der Waals surface area contributed by atoms with Gasteiger partial charge in [-0.2, -0.15) is 5.26 Å². The van der Waals surface area contributed by atoms with Crippen LogP contribution in [-0.4, -0.2) is 27.3 Å². The zero-order valence-corrected chi connectivity index (χ0v) is 22.3. The normalized spacial score (nSPS) is 12.0. The minimum Gasteiger partial charge on any atom is -0.486 e. The number of ether oxygens (including phenoxy) is 1. The molecule has 3 heterocycles. The van der Waals surface area contributed by atoms with E-state index >= 15 is 0 Å². The predicted octanol–water partition coefficient (Wildman–Crippen LogP) is 5.95. The van der Waals surface area contributed by atoms with Crippen LogP contribution in [0.5, 0.6) is 5.75 Å². The molecule has 7 nitrogen and oxygen atoms in total. The van der Waals surface area contributed by atoms with Crippen molar-refractivity contribution in [3.63, 3.8) is 0 Å². The van der Waals surface area contributed by atoms with E-state index in [2.05, 4.69) is 9.98 Å². The Balaban J connectivity index is 1.73. The molecule has 0 aliphatic carbocycles. The molecule has 0 unspecified atom stereocenters. The van der Waals surface area contributed by atoms with Gasteiger partial charge >= 0.3 is 0 Å². The van der Waals surface area contributed by atoms with Gasteiger partial charge in [-0.25, -0.2) is 9.37 Å². The smallest absolute Gasteiger partial charge is 0.269 e. The number of nitriles is 1. The first-order valence-corrected chi connectivity index (χ1v) is 12.3. The van der Waals surface area contributed by atoms with Crippen molar-refractivity contribution < 1.29 is 9.13 Å². The number of pyridine rings is 3. The lowest BCUT2D eigenvalue weighted by Gasteiger charge is -2.16. The highest BCUT2D eigenvalue weighted by Gasteiger charge is 2.17. The molecule has 3 aromatic heterocycles. The van der Waals surface area contributed by atoms with Gasteiger partial charge in [0.05, 0.1) is 28.0 Å². The van der Waals surface area contributed by atoms with Crippen molar-refractivity contribution in [3.8, 4) is 11.8 Å². The van der Waals surface area contributed by atoms with Crippen LogP contribution in [-0.2, 0) is 13.2 Å².